The van der Waals surface area contributed by atoms with Crippen LogP contribution in [0.5, 0.6) is 0 Å². The van der Waals surface area contributed by atoms with Crippen molar-refractivity contribution < 1.29 is 24.0 Å². The molecule has 0 bridgehead atoms. The van der Waals surface area contributed by atoms with Crippen molar-refractivity contribution in [2.45, 2.75) is 81.9 Å². The Morgan fingerprint density at radius 1 is 0.940 bits per heavy atom. The molecule has 3 aromatic rings. The van der Waals surface area contributed by atoms with Crippen molar-refractivity contribution in [2.75, 3.05) is 13.3 Å². The average molecular weight is 699 g/mol. The largest absolute Gasteiger partial charge is 0.366 e. The van der Waals surface area contributed by atoms with Gasteiger partial charge in [-0.15, -0.1) is 0 Å². The Hall–Kier alpha value is -4.68. The number of primary amides is 2. The molecule has 0 saturated heterocycles. The number of likely N-dealkylation sites (N-methyl/N-ethyl adjacent to an activating group) is 1. The number of nitrogens with one attached hydrogen (secondary N) is 3. The number of carbonyl (C=O) groups is 5. The summed E-state index contributed by atoms with van der Waals surface area (Å²) in [6, 6.07) is 15.6. The van der Waals surface area contributed by atoms with Gasteiger partial charge in [-0.3, -0.25) is 24.0 Å². The molecule has 0 aromatic heterocycles. The fourth-order valence-electron chi connectivity index (χ4n) is 6.76. The van der Waals surface area contributed by atoms with E-state index in [1.807, 2.05) is 56.5 Å². The number of benzene rings is 3. The number of hydrogen-bond acceptors (Lipinski definition) is 7. The van der Waals surface area contributed by atoms with E-state index in [9.17, 15) is 24.0 Å². The molecule has 0 fully saturated rings. The fraction of sp³-hybridized carbons (Fsp3) is 0.395. The third-order valence-corrected chi connectivity index (χ3v) is 11.4. The molecule has 0 unspecified atom stereocenters. The van der Waals surface area contributed by atoms with E-state index in [1.165, 1.54) is 35.5 Å². The van der Waals surface area contributed by atoms with Crippen molar-refractivity contribution in [3.8, 4) is 11.1 Å². The maximum absolute atomic E-state index is 14.8. The van der Waals surface area contributed by atoms with Crippen LogP contribution in [0.3, 0.4) is 0 Å². The molecule has 1 aliphatic carbocycles. The number of nitrogens with zero attached hydrogens (tertiary/aromatic N) is 1. The van der Waals surface area contributed by atoms with E-state index in [0.29, 0.717) is 11.1 Å². The number of thioether (sulfide) groups is 1. The van der Waals surface area contributed by atoms with Crippen LogP contribution in [0, 0.1) is 0 Å². The average Bonchev–Trinajstić information content (AvgIpc) is 3.11. The Kier molecular flexibility index (Phi) is 11.0. The first kappa shape index (κ1) is 36.6. The maximum Gasteiger partial charge on any atom is 0.249 e. The lowest BCUT2D eigenvalue weighted by Gasteiger charge is -2.42. The minimum Gasteiger partial charge on any atom is -0.366 e. The molecular formula is C38H46N6O5S. The number of fused-ring (bicyclic) bond motifs is 2. The fourth-order valence-corrected chi connectivity index (χ4v) is 7.15. The lowest BCUT2D eigenvalue weighted by molar-refractivity contribution is -0.145. The first-order valence-corrected chi connectivity index (χ1v) is 18.1. The molecule has 50 heavy (non-hydrogen) atoms. The minimum atomic E-state index is -0.954. The molecule has 0 radical (unpaired) electrons. The zero-order valence-corrected chi connectivity index (χ0v) is 30.0. The molecule has 1 heterocycles. The molecule has 12 heteroatoms. The molecule has 1 aliphatic heterocycles. The number of nitrogens with two attached hydrogens (primary N) is 2. The van der Waals surface area contributed by atoms with Crippen LogP contribution in [-0.4, -0.2) is 70.6 Å². The summed E-state index contributed by atoms with van der Waals surface area (Å²) in [5, 5.41) is 9.16. The van der Waals surface area contributed by atoms with E-state index in [0.717, 1.165) is 36.0 Å². The summed E-state index contributed by atoms with van der Waals surface area (Å²) in [6.45, 7) is 5.58. The van der Waals surface area contributed by atoms with Crippen LogP contribution in [0.15, 0.2) is 60.7 Å². The molecule has 0 spiro atoms. The Morgan fingerprint density at radius 2 is 1.68 bits per heavy atom. The van der Waals surface area contributed by atoms with Crippen LogP contribution in [0.1, 0.15) is 82.6 Å². The number of carbonyl (C=O) groups excluding carboxylic acids is 5. The molecule has 0 saturated carbocycles. The van der Waals surface area contributed by atoms with Crippen molar-refractivity contribution >= 4 is 41.3 Å². The van der Waals surface area contributed by atoms with Crippen LogP contribution in [0.25, 0.3) is 11.1 Å². The van der Waals surface area contributed by atoms with Gasteiger partial charge in [0.1, 0.15) is 12.1 Å². The Balaban J connectivity index is 1.57. The molecule has 7 N–H and O–H groups in total. The number of rotatable bonds is 11. The highest BCUT2D eigenvalue weighted by Crippen LogP contribution is 2.35. The second-order valence-corrected chi connectivity index (χ2v) is 15.0. The zero-order chi connectivity index (χ0) is 36.3. The summed E-state index contributed by atoms with van der Waals surface area (Å²) in [6.07, 6.45) is 4.79. The monoisotopic (exact) mass is 698 g/mol. The standard InChI is InChI=1S/C38H46N6O5S/c1-21(41-4)35(47)43-32(38(2,3)50-5)37(49)44-20-26-17-24(29-18-25(33(39)45)15-16-28(29)34(40)46)14-13-23(26)19-31(44)36(48)42-30-12-8-10-22-9-6-7-11-27(22)30/h6-7,9,11,13-18,21,30-32,41H,8,10,12,19-20H2,1-5H3,(H2,39,45)(H2,40,46)(H,42,48)(H,43,47)/t21-,30+,31-,32+/m0/s1. The summed E-state index contributed by atoms with van der Waals surface area (Å²) >= 11 is 1.45. The van der Waals surface area contributed by atoms with E-state index in [2.05, 4.69) is 22.0 Å². The summed E-state index contributed by atoms with van der Waals surface area (Å²) < 4.78 is -0.725. The van der Waals surface area contributed by atoms with Gasteiger partial charge in [-0.2, -0.15) is 11.8 Å². The second-order valence-electron chi connectivity index (χ2n) is 13.6. The molecule has 11 nitrogen and oxygen atoms in total. The summed E-state index contributed by atoms with van der Waals surface area (Å²) in [5.41, 5.74) is 16.6. The van der Waals surface area contributed by atoms with Gasteiger partial charge in [0.2, 0.25) is 29.5 Å². The van der Waals surface area contributed by atoms with Crippen LogP contribution >= 0.6 is 11.8 Å². The molecule has 2 aliphatic rings. The third kappa shape index (κ3) is 7.56. The summed E-state index contributed by atoms with van der Waals surface area (Å²) in [4.78, 5) is 68.3. The van der Waals surface area contributed by atoms with Gasteiger partial charge in [0.05, 0.1) is 12.1 Å². The lowest BCUT2D eigenvalue weighted by atomic mass is 9.86. The molecule has 5 amide bonds. The number of aryl methyl sites for hydroxylation is 1. The molecule has 4 atom stereocenters. The Labute approximate surface area is 297 Å². The van der Waals surface area contributed by atoms with Crippen molar-refractivity contribution in [3.63, 3.8) is 0 Å². The van der Waals surface area contributed by atoms with Gasteiger partial charge < -0.3 is 32.3 Å². The topological polar surface area (TPSA) is 177 Å². The zero-order valence-electron chi connectivity index (χ0n) is 29.2. The van der Waals surface area contributed by atoms with Crippen LogP contribution in [0.4, 0.5) is 0 Å². The van der Waals surface area contributed by atoms with Gasteiger partial charge >= 0.3 is 0 Å². The second kappa shape index (κ2) is 15.1. The minimum absolute atomic E-state index is 0.0706. The highest BCUT2D eigenvalue weighted by Gasteiger charge is 2.44. The summed E-state index contributed by atoms with van der Waals surface area (Å²) in [5.74, 6) is -2.30. The maximum atomic E-state index is 14.8. The first-order chi connectivity index (χ1) is 23.7. The smallest absolute Gasteiger partial charge is 0.249 e. The van der Waals surface area contributed by atoms with Gasteiger partial charge in [0, 0.05) is 28.8 Å². The molecular weight excluding hydrogens is 653 g/mol. The molecule has 264 valence electrons. The SMILES string of the molecule is CN[C@@H](C)C(=O)N[C@H](C(=O)N1Cc2cc(-c3cc(C(N)=O)ccc3C(N)=O)ccc2C[C@H]1C(=O)N[C@@H]1CCCc2ccccc21)C(C)(C)SC. The van der Waals surface area contributed by atoms with Gasteiger partial charge in [-0.05, 0) is 111 Å². The van der Waals surface area contributed by atoms with Crippen molar-refractivity contribution in [1.82, 2.24) is 20.9 Å². The first-order valence-electron chi connectivity index (χ1n) is 16.8. The van der Waals surface area contributed by atoms with E-state index in [4.69, 9.17) is 11.5 Å². The Bertz CT molecular complexity index is 1830. The van der Waals surface area contributed by atoms with Crippen LogP contribution < -0.4 is 27.4 Å². The van der Waals surface area contributed by atoms with Crippen LogP contribution in [-0.2, 0) is 33.8 Å². The van der Waals surface area contributed by atoms with Crippen molar-refractivity contribution in [1.29, 1.82) is 0 Å². The highest BCUT2D eigenvalue weighted by atomic mass is 32.2. The third-order valence-electron chi connectivity index (χ3n) is 10.1. The van der Waals surface area contributed by atoms with E-state index in [1.54, 1.807) is 18.9 Å². The summed E-state index contributed by atoms with van der Waals surface area (Å²) in [7, 11) is 1.67. The number of hydrogen-bond donors (Lipinski definition) is 5. The van der Waals surface area contributed by atoms with Gasteiger partial charge in [0.15, 0.2) is 0 Å². The number of amides is 5. The Morgan fingerprint density at radius 3 is 2.36 bits per heavy atom. The van der Waals surface area contributed by atoms with E-state index in [-0.39, 0.29) is 47.9 Å². The van der Waals surface area contributed by atoms with Gasteiger partial charge in [-0.25, -0.2) is 0 Å². The molecule has 3 aromatic carbocycles. The van der Waals surface area contributed by atoms with E-state index >= 15 is 0 Å². The van der Waals surface area contributed by atoms with Crippen LogP contribution in [0.2, 0.25) is 0 Å². The predicted molar refractivity (Wildman–Crippen MR) is 195 cm³/mol. The normalized spacial score (nSPS) is 18.2. The van der Waals surface area contributed by atoms with Crippen molar-refractivity contribution in [2.24, 2.45) is 11.5 Å². The van der Waals surface area contributed by atoms with Gasteiger partial charge in [-0.1, -0.05) is 36.4 Å². The van der Waals surface area contributed by atoms with E-state index < -0.39 is 34.7 Å². The highest BCUT2D eigenvalue weighted by molar-refractivity contribution is 8.00. The van der Waals surface area contributed by atoms with Crippen molar-refractivity contribution in [3.05, 3.63) is 94.0 Å². The predicted octanol–water partition coefficient (Wildman–Crippen LogP) is 3.23. The quantitative estimate of drug-likeness (QED) is 0.204. The molecule has 5 rings (SSSR count). The lowest BCUT2D eigenvalue weighted by Crippen LogP contribution is -2.63. The van der Waals surface area contributed by atoms with Gasteiger partial charge in [0.25, 0.3) is 0 Å².